The zero-order valence-corrected chi connectivity index (χ0v) is 9.95. The third-order valence-corrected chi connectivity index (χ3v) is 3.14. The minimum Gasteiger partial charge on any atom is -0.372 e. The number of likely N-dealkylation sites (tertiary alicyclic amines) is 1. The number of hydrogen-bond donors (Lipinski definition) is 1. The van der Waals surface area contributed by atoms with Crippen LogP contribution in [0.4, 0.5) is 0 Å². The molecule has 0 aromatic rings. The van der Waals surface area contributed by atoms with Gasteiger partial charge in [0.05, 0.1) is 0 Å². The number of carbonyl (C=O) groups excluding carboxylic acids is 1. The molecule has 4 heteroatoms. The molecule has 0 aromatic carbocycles. The molecule has 0 spiro atoms. The number of nitrogens with one attached hydrogen (secondary N) is 1. The Hall–Kier alpha value is -0.610. The van der Waals surface area contributed by atoms with E-state index >= 15 is 0 Å². The predicted molar refractivity (Wildman–Crippen MR) is 59.7 cm³/mol. The van der Waals surface area contributed by atoms with Crippen molar-refractivity contribution < 1.29 is 9.53 Å². The lowest BCUT2D eigenvalue weighted by molar-refractivity contribution is -0.130. The topological polar surface area (TPSA) is 41.6 Å². The number of rotatable bonds is 5. The maximum Gasteiger partial charge on any atom is 0.248 e. The number of hydrogen-bond acceptors (Lipinski definition) is 3. The Kier molecular flexibility index (Phi) is 5.05. The van der Waals surface area contributed by atoms with E-state index in [1.165, 1.54) is 12.8 Å². The van der Waals surface area contributed by atoms with E-state index in [4.69, 9.17) is 4.74 Å². The molecule has 1 fully saturated rings. The Labute approximate surface area is 92.0 Å². The first kappa shape index (κ1) is 12.5. The summed E-state index contributed by atoms with van der Waals surface area (Å²) in [6.45, 7) is 6.91. The molecule has 0 saturated carbocycles. The van der Waals surface area contributed by atoms with Gasteiger partial charge in [0.1, 0.15) is 6.10 Å². The Bertz CT molecular complexity index is 209. The van der Waals surface area contributed by atoms with Crippen molar-refractivity contribution in [3.8, 4) is 0 Å². The Balaban J connectivity index is 2.27. The fourth-order valence-electron chi connectivity index (χ4n) is 2.01. The van der Waals surface area contributed by atoms with Crippen molar-refractivity contribution in [3.05, 3.63) is 0 Å². The average Bonchev–Trinajstić information content (AvgIpc) is 2.71. The van der Waals surface area contributed by atoms with Crippen LogP contribution < -0.4 is 5.32 Å². The van der Waals surface area contributed by atoms with Crippen molar-refractivity contribution in [1.82, 2.24) is 10.2 Å². The molecule has 0 aromatic heterocycles. The SMILES string of the molecule is CCN1CCCC1CNC(=O)C(C)OC. The summed E-state index contributed by atoms with van der Waals surface area (Å²) in [5, 5.41) is 2.93. The van der Waals surface area contributed by atoms with E-state index in [-0.39, 0.29) is 12.0 Å². The van der Waals surface area contributed by atoms with Crippen LogP contribution in [0.1, 0.15) is 26.7 Å². The fourth-order valence-corrected chi connectivity index (χ4v) is 2.01. The number of nitrogens with zero attached hydrogens (tertiary/aromatic N) is 1. The molecule has 1 heterocycles. The third kappa shape index (κ3) is 3.47. The van der Waals surface area contributed by atoms with Crippen LogP contribution in [0.15, 0.2) is 0 Å². The molecule has 1 N–H and O–H groups in total. The number of likely N-dealkylation sites (N-methyl/N-ethyl adjacent to an activating group) is 1. The number of amides is 1. The summed E-state index contributed by atoms with van der Waals surface area (Å²) >= 11 is 0. The number of carbonyl (C=O) groups is 1. The van der Waals surface area contributed by atoms with Gasteiger partial charge in [-0.1, -0.05) is 6.92 Å². The first-order valence-electron chi connectivity index (χ1n) is 5.73. The highest BCUT2D eigenvalue weighted by Crippen LogP contribution is 2.15. The van der Waals surface area contributed by atoms with E-state index in [0.717, 1.165) is 19.6 Å². The first-order chi connectivity index (χ1) is 7.19. The van der Waals surface area contributed by atoms with Crippen LogP contribution in [0.3, 0.4) is 0 Å². The van der Waals surface area contributed by atoms with E-state index in [0.29, 0.717) is 6.04 Å². The Morgan fingerprint density at radius 3 is 3.00 bits per heavy atom. The van der Waals surface area contributed by atoms with Crippen molar-refractivity contribution >= 4 is 5.91 Å². The number of ether oxygens (including phenoxy) is 1. The minimum absolute atomic E-state index is 0.0135. The van der Waals surface area contributed by atoms with Gasteiger partial charge in [0.2, 0.25) is 5.91 Å². The molecule has 1 rings (SSSR count). The van der Waals surface area contributed by atoms with Crippen molar-refractivity contribution in [1.29, 1.82) is 0 Å². The summed E-state index contributed by atoms with van der Waals surface area (Å²) < 4.78 is 4.95. The second-order valence-electron chi connectivity index (χ2n) is 4.05. The zero-order chi connectivity index (χ0) is 11.3. The quantitative estimate of drug-likeness (QED) is 0.729. The van der Waals surface area contributed by atoms with Gasteiger partial charge in [0.15, 0.2) is 0 Å². The van der Waals surface area contributed by atoms with Crippen LogP contribution in [-0.2, 0) is 9.53 Å². The van der Waals surface area contributed by atoms with E-state index in [2.05, 4.69) is 17.1 Å². The molecule has 2 atom stereocenters. The minimum atomic E-state index is -0.346. The maximum atomic E-state index is 11.5. The molecule has 0 radical (unpaired) electrons. The average molecular weight is 214 g/mol. The molecule has 4 nitrogen and oxygen atoms in total. The number of methoxy groups -OCH3 is 1. The lowest BCUT2D eigenvalue weighted by atomic mass is 10.2. The summed E-state index contributed by atoms with van der Waals surface area (Å²) in [6, 6.07) is 0.517. The molecule has 15 heavy (non-hydrogen) atoms. The van der Waals surface area contributed by atoms with Crippen molar-refractivity contribution in [2.24, 2.45) is 0 Å². The highest BCUT2D eigenvalue weighted by molar-refractivity contribution is 5.80. The van der Waals surface area contributed by atoms with Crippen LogP contribution >= 0.6 is 0 Å². The second-order valence-corrected chi connectivity index (χ2v) is 4.05. The summed E-state index contributed by atoms with van der Waals surface area (Å²) in [7, 11) is 1.55. The van der Waals surface area contributed by atoms with E-state index in [1.54, 1.807) is 14.0 Å². The van der Waals surface area contributed by atoms with Crippen LogP contribution in [0.5, 0.6) is 0 Å². The fraction of sp³-hybridized carbons (Fsp3) is 0.909. The summed E-state index contributed by atoms with van der Waals surface area (Å²) in [5.74, 6) is -0.0135. The van der Waals surface area contributed by atoms with Gasteiger partial charge in [-0.15, -0.1) is 0 Å². The predicted octanol–water partition coefficient (Wildman–Crippen LogP) is 0.622. The monoisotopic (exact) mass is 214 g/mol. The van der Waals surface area contributed by atoms with Gasteiger partial charge in [-0.2, -0.15) is 0 Å². The lowest BCUT2D eigenvalue weighted by Gasteiger charge is -2.23. The molecule has 0 aliphatic carbocycles. The zero-order valence-electron chi connectivity index (χ0n) is 9.95. The van der Waals surface area contributed by atoms with E-state index < -0.39 is 0 Å². The van der Waals surface area contributed by atoms with Crippen molar-refractivity contribution in [2.45, 2.75) is 38.8 Å². The van der Waals surface area contributed by atoms with E-state index in [1.807, 2.05) is 0 Å². The van der Waals surface area contributed by atoms with Crippen molar-refractivity contribution in [2.75, 3.05) is 26.7 Å². The highest BCUT2D eigenvalue weighted by Gasteiger charge is 2.23. The van der Waals surface area contributed by atoms with Crippen LogP contribution in [0, 0.1) is 0 Å². The van der Waals surface area contributed by atoms with Gasteiger partial charge < -0.3 is 10.1 Å². The Morgan fingerprint density at radius 2 is 2.40 bits per heavy atom. The molecule has 0 bridgehead atoms. The molecular weight excluding hydrogens is 192 g/mol. The third-order valence-electron chi connectivity index (χ3n) is 3.14. The molecule has 1 aliphatic heterocycles. The molecule has 1 amide bonds. The van der Waals surface area contributed by atoms with Gasteiger partial charge in [0.25, 0.3) is 0 Å². The standard InChI is InChI=1S/C11H22N2O2/c1-4-13-7-5-6-10(13)8-12-11(14)9(2)15-3/h9-10H,4-8H2,1-3H3,(H,12,14). The smallest absolute Gasteiger partial charge is 0.248 e. The van der Waals surface area contributed by atoms with Crippen molar-refractivity contribution in [3.63, 3.8) is 0 Å². The summed E-state index contributed by atoms with van der Waals surface area (Å²) in [4.78, 5) is 13.9. The molecule has 88 valence electrons. The lowest BCUT2D eigenvalue weighted by Crippen LogP contribution is -2.43. The van der Waals surface area contributed by atoms with Gasteiger partial charge >= 0.3 is 0 Å². The first-order valence-corrected chi connectivity index (χ1v) is 5.73. The molecule has 2 unspecified atom stereocenters. The van der Waals surface area contributed by atoms with Gasteiger partial charge in [-0.05, 0) is 32.9 Å². The van der Waals surface area contributed by atoms with Gasteiger partial charge in [-0.3, -0.25) is 9.69 Å². The summed E-state index contributed by atoms with van der Waals surface area (Å²) in [5.41, 5.74) is 0. The largest absolute Gasteiger partial charge is 0.372 e. The summed E-state index contributed by atoms with van der Waals surface area (Å²) in [6.07, 6.45) is 2.09. The van der Waals surface area contributed by atoms with Crippen LogP contribution in [0.2, 0.25) is 0 Å². The highest BCUT2D eigenvalue weighted by atomic mass is 16.5. The molecular formula is C11H22N2O2. The maximum absolute atomic E-state index is 11.5. The van der Waals surface area contributed by atoms with Gasteiger partial charge in [0, 0.05) is 19.7 Å². The molecule has 1 aliphatic rings. The van der Waals surface area contributed by atoms with Crippen LogP contribution in [-0.4, -0.2) is 49.7 Å². The van der Waals surface area contributed by atoms with E-state index in [9.17, 15) is 4.79 Å². The Morgan fingerprint density at radius 1 is 1.67 bits per heavy atom. The second kappa shape index (κ2) is 6.08. The normalized spacial score (nSPS) is 24.1. The van der Waals surface area contributed by atoms with Gasteiger partial charge in [-0.25, -0.2) is 0 Å². The molecule has 1 saturated heterocycles. The van der Waals surface area contributed by atoms with Crippen LogP contribution in [0.25, 0.3) is 0 Å².